The van der Waals surface area contributed by atoms with Gasteiger partial charge in [0.1, 0.15) is 11.8 Å². The van der Waals surface area contributed by atoms with E-state index < -0.39 is 0 Å². The molecule has 3 heteroatoms. The van der Waals surface area contributed by atoms with Gasteiger partial charge < -0.3 is 9.32 Å². The van der Waals surface area contributed by atoms with Crippen LogP contribution in [0.15, 0.2) is 118 Å². The van der Waals surface area contributed by atoms with E-state index in [1.54, 1.807) is 0 Å². The Morgan fingerprint density at radius 1 is 0.446 bits per heavy atom. The first-order valence-electron chi connectivity index (χ1n) is 20.3. The lowest BCUT2D eigenvalue weighted by Crippen LogP contribution is -2.18. The summed E-state index contributed by atoms with van der Waals surface area (Å²) in [5.41, 5.74) is 14.4. The highest BCUT2D eigenvalue weighted by molar-refractivity contribution is 9.10. The van der Waals surface area contributed by atoms with Crippen LogP contribution in [0.2, 0.25) is 0 Å². The number of hydrogen-bond donors (Lipinski definition) is 0. The van der Waals surface area contributed by atoms with Crippen molar-refractivity contribution in [2.45, 2.75) is 137 Å². The van der Waals surface area contributed by atoms with E-state index in [0.29, 0.717) is 0 Å². The Balaban J connectivity index is 1.68. The van der Waals surface area contributed by atoms with Gasteiger partial charge in [-0.05, 0) is 114 Å². The van der Waals surface area contributed by atoms with Crippen molar-refractivity contribution >= 4 is 44.0 Å². The maximum atomic E-state index is 6.38. The van der Waals surface area contributed by atoms with E-state index in [1.807, 2.05) is 6.26 Å². The molecule has 5 aromatic carbocycles. The Hall–Kier alpha value is -4.08. The molecule has 0 amide bonds. The first-order valence-corrected chi connectivity index (χ1v) is 21.1. The van der Waals surface area contributed by atoms with Gasteiger partial charge >= 0.3 is 0 Å². The predicted molar refractivity (Wildman–Crippen MR) is 246 cm³/mol. The van der Waals surface area contributed by atoms with Crippen molar-refractivity contribution in [1.29, 1.82) is 0 Å². The fourth-order valence-electron chi connectivity index (χ4n) is 7.52. The van der Waals surface area contributed by atoms with Crippen LogP contribution < -0.4 is 4.90 Å². The van der Waals surface area contributed by atoms with Crippen molar-refractivity contribution in [2.75, 3.05) is 4.90 Å². The van der Waals surface area contributed by atoms with Crippen LogP contribution in [0.3, 0.4) is 0 Å². The second-order valence-electron chi connectivity index (χ2n) is 21.1. The lowest BCUT2D eigenvalue weighted by molar-refractivity contribution is 0.587. The molecule has 0 aliphatic heterocycles. The van der Waals surface area contributed by atoms with Crippen LogP contribution in [0.5, 0.6) is 0 Å². The number of fused-ring (bicyclic) bond motifs is 1. The molecule has 0 fully saturated rings. The standard InChI is InChI=1S/C53H64BrNO/c1-49(2,3)36-18-16-34(17-19-36)48(43-31-38(51(7,8)9)22-26-45(43)54)35-28-40(53(13,14)15)30-42(29-35)55(41-24-20-37(21-25-41)50(4,5)6)46-33-56-47-27-23-39(32-44(46)47)52(10,11)12/h16-33,48H,1-15H3. The molecule has 0 saturated heterocycles. The summed E-state index contributed by atoms with van der Waals surface area (Å²) in [6.07, 6.45) is 1.95. The number of anilines is 3. The normalized spacial score (nSPS) is 13.6. The summed E-state index contributed by atoms with van der Waals surface area (Å²) in [5.74, 6) is -0.0274. The quantitative estimate of drug-likeness (QED) is 0.156. The van der Waals surface area contributed by atoms with E-state index in [0.717, 1.165) is 32.5 Å². The third-order valence-corrected chi connectivity index (χ3v) is 12.1. The summed E-state index contributed by atoms with van der Waals surface area (Å²) >= 11 is 4.06. The third-order valence-electron chi connectivity index (χ3n) is 11.3. The monoisotopic (exact) mass is 809 g/mol. The van der Waals surface area contributed by atoms with Crippen molar-refractivity contribution in [1.82, 2.24) is 0 Å². The van der Waals surface area contributed by atoms with E-state index in [-0.39, 0.29) is 33.0 Å². The van der Waals surface area contributed by atoms with Crippen LogP contribution in [0.4, 0.5) is 17.1 Å². The minimum Gasteiger partial charge on any atom is -0.462 e. The molecule has 294 valence electrons. The fourth-order valence-corrected chi connectivity index (χ4v) is 7.99. The average molecular weight is 811 g/mol. The number of halogens is 1. The van der Waals surface area contributed by atoms with Gasteiger partial charge in [-0.25, -0.2) is 0 Å². The van der Waals surface area contributed by atoms with E-state index in [2.05, 4.69) is 228 Å². The van der Waals surface area contributed by atoms with Crippen LogP contribution in [0.25, 0.3) is 11.0 Å². The zero-order chi connectivity index (χ0) is 41.2. The molecular formula is C53H64BrNO. The molecule has 2 nitrogen and oxygen atoms in total. The highest BCUT2D eigenvalue weighted by atomic mass is 79.9. The van der Waals surface area contributed by atoms with Gasteiger partial charge in [-0.15, -0.1) is 0 Å². The molecule has 0 bridgehead atoms. The van der Waals surface area contributed by atoms with Gasteiger partial charge in [-0.3, -0.25) is 0 Å². The minimum atomic E-state index is -0.116. The number of rotatable bonds is 6. The van der Waals surface area contributed by atoms with Gasteiger partial charge in [0.05, 0.1) is 5.69 Å². The molecule has 1 atom stereocenters. The summed E-state index contributed by atoms with van der Waals surface area (Å²) in [7, 11) is 0. The highest BCUT2D eigenvalue weighted by Crippen LogP contribution is 2.46. The summed E-state index contributed by atoms with van der Waals surface area (Å²) in [5, 5.41) is 1.11. The van der Waals surface area contributed by atoms with Crippen LogP contribution in [-0.2, 0) is 27.1 Å². The fraction of sp³-hybridized carbons (Fsp3) is 0.396. The molecule has 0 N–H and O–H groups in total. The van der Waals surface area contributed by atoms with Crippen molar-refractivity contribution in [3.8, 4) is 0 Å². The first-order chi connectivity index (χ1) is 25.8. The van der Waals surface area contributed by atoms with Crippen molar-refractivity contribution in [2.24, 2.45) is 0 Å². The van der Waals surface area contributed by atoms with Crippen LogP contribution in [-0.4, -0.2) is 0 Å². The minimum absolute atomic E-state index is 0.00122. The van der Waals surface area contributed by atoms with Gasteiger partial charge in [-0.1, -0.05) is 180 Å². The third kappa shape index (κ3) is 8.74. The summed E-state index contributed by atoms with van der Waals surface area (Å²) in [6.45, 7) is 34.4. The maximum absolute atomic E-state index is 6.38. The number of nitrogens with zero attached hydrogens (tertiary/aromatic N) is 1. The van der Waals surface area contributed by atoms with Crippen LogP contribution in [0.1, 0.15) is 154 Å². The molecule has 56 heavy (non-hydrogen) atoms. The molecule has 0 saturated carbocycles. The van der Waals surface area contributed by atoms with E-state index in [1.165, 1.54) is 44.5 Å². The lowest BCUT2D eigenvalue weighted by Gasteiger charge is -2.31. The Labute approximate surface area is 346 Å². The summed E-state index contributed by atoms with van der Waals surface area (Å²) < 4.78 is 7.50. The molecule has 6 aromatic rings. The van der Waals surface area contributed by atoms with Crippen LogP contribution in [0, 0.1) is 0 Å². The summed E-state index contributed by atoms with van der Waals surface area (Å²) in [6, 6.07) is 39.4. The molecule has 0 aliphatic rings. The Morgan fingerprint density at radius 2 is 0.929 bits per heavy atom. The molecule has 1 unspecified atom stereocenters. The average Bonchev–Trinajstić information content (AvgIpc) is 3.51. The van der Waals surface area contributed by atoms with Crippen molar-refractivity contribution < 1.29 is 4.42 Å². The van der Waals surface area contributed by atoms with E-state index in [4.69, 9.17) is 4.42 Å². The predicted octanol–water partition coefficient (Wildman–Crippen LogP) is 16.3. The Morgan fingerprint density at radius 3 is 1.46 bits per heavy atom. The Bertz CT molecular complexity index is 2320. The highest BCUT2D eigenvalue weighted by Gasteiger charge is 2.29. The van der Waals surface area contributed by atoms with Crippen molar-refractivity contribution in [3.05, 3.63) is 158 Å². The number of hydrogen-bond acceptors (Lipinski definition) is 2. The largest absolute Gasteiger partial charge is 0.462 e. The van der Waals surface area contributed by atoms with Gasteiger partial charge in [0.2, 0.25) is 0 Å². The zero-order valence-electron chi connectivity index (χ0n) is 36.7. The van der Waals surface area contributed by atoms with Gasteiger partial charge in [0, 0.05) is 27.2 Å². The molecule has 1 aromatic heterocycles. The molecule has 0 radical (unpaired) electrons. The molecule has 1 heterocycles. The first kappa shape index (κ1) is 41.6. The molecular weight excluding hydrogens is 746 g/mol. The second-order valence-corrected chi connectivity index (χ2v) is 21.9. The van der Waals surface area contributed by atoms with E-state index in [9.17, 15) is 0 Å². The van der Waals surface area contributed by atoms with Crippen LogP contribution >= 0.6 is 15.9 Å². The topological polar surface area (TPSA) is 16.4 Å². The lowest BCUT2D eigenvalue weighted by atomic mass is 9.77. The Kier molecular flexibility index (Phi) is 10.9. The number of furan rings is 1. The summed E-state index contributed by atoms with van der Waals surface area (Å²) in [4.78, 5) is 2.42. The maximum Gasteiger partial charge on any atom is 0.136 e. The van der Waals surface area contributed by atoms with E-state index >= 15 is 0 Å². The van der Waals surface area contributed by atoms with Gasteiger partial charge in [0.15, 0.2) is 0 Å². The molecule has 6 rings (SSSR count). The number of benzene rings is 5. The zero-order valence-corrected chi connectivity index (χ0v) is 38.3. The smallest absolute Gasteiger partial charge is 0.136 e. The van der Waals surface area contributed by atoms with Gasteiger partial charge in [-0.2, -0.15) is 0 Å². The molecule has 0 aliphatic carbocycles. The molecule has 0 spiro atoms. The van der Waals surface area contributed by atoms with Gasteiger partial charge in [0.25, 0.3) is 0 Å². The van der Waals surface area contributed by atoms with Crippen molar-refractivity contribution in [3.63, 3.8) is 0 Å². The second kappa shape index (κ2) is 14.7. The SMILES string of the molecule is CC(C)(C)c1ccc(C(c2cc(N(c3ccc(C(C)(C)C)cc3)c3coc4ccc(C(C)(C)C)cc34)cc(C(C)(C)C)c2)c2cc(C(C)(C)C)ccc2Br)cc1.